The van der Waals surface area contributed by atoms with Crippen molar-refractivity contribution in [1.29, 1.82) is 0 Å². The van der Waals surface area contributed by atoms with Gasteiger partial charge in [0.1, 0.15) is 11.9 Å². The van der Waals surface area contributed by atoms with E-state index >= 15 is 0 Å². The van der Waals surface area contributed by atoms with E-state index in [1.165, 1.54) is 10.4 Å². The first-order valence-electron chi connectivity index (χ1n) is 9.83. The van der Waals surface area contributed by atoms with E-state index in [0.717, 1.165) is 0 Å². The van der Waals surface area contributed by atoms with Gasteiger partial charge < -0.3 is 9.80 Å². The van der Waals surface area contributed by atoms with E-state index in [0.29, 0.717) is 51.3 Å². The zero-order chi connectivity index (χ0) is 20.4. The average molecular weight is 418 g/mol. The number of piperazine rings is 1. The standard InChI is InChI=1S/C21H24FN3O3S/c22-18-9-4-5-10-19(18)23-13-15-24(16-14-23)21(26)20-11-6-12-25(20)29(27,28)17-7-2-1-3-8-17/h1-5,7-10,20H,6,11-16H2. The number of hydrogen-bond donors (Lipinski definition) is 0. The summed E-state index contributed by atoms with van der Waals surface area (Å²) in [5, 5.41) is 0. The van der Waals surface area contributed by atoms with E-state index in [1.54, 1.807) is 53.4 Å². The highest BCUT2D eigenvalue weighted by Gasteiger charge is 2.41. The Morgan fingerprint density at radius 1 is 0.897 bits per heavy atom. The molecule has 8 heteroatoms. The van der Waals surface area contributed by atoms with Crippen LogP contribution in [0.2, 0.25) is 0 Å². The Balaban J connectivity index is 1.45. The molecule has 1 unspecified atom stereocenters. The largest absolute Gasteiger partial charge is 0.366 e. The molecule has 2 heterocycles. The summed E-state index contributed by atoms with van der Waals surface area (Å²) in [6.07, 6.45) is 1.19. The lowest BCUT2D eigenvalue weighted by Gasteiger charge is -2.38. The number of nitrogens with zero attached hydrogens (tertiary/aromatic N) is 3. The fourth-order valence-electron chi connectivity index (χ4n) is 4.09. The van der Waals surface area contributed by atoms with E-state index < -0.39 is 16.1 Å². The number of rotatable bonds is 4. The zero-order valence-corrected chi connectivity index (χ0v) is 16.9. The minimum absolute atomic E-state index is 0.157. The second kappa shape index (κ2) is 8.12. The lowest BCUT2D eigenvalue weighted by molar-refractivity contribution is -0.134. The van der Waals surface area contributed by atoms with Crippen LogP contribution in [0.15, 0.2) is 59.5 Å². The molecule has 0 N–H and O–H groups in total. The van der Waals surface area contributed by atoms with Gasteiger partial charge in [0, 0.05) is 32.7 Å². The van der Waals surface area contributed by atoms with Crippen LogP contribution in [-0.2, 0) is 14.8 Å². The molecule has 2 aliphatic rings. The summed E-state index contributed by atoms with van der Waals surface area (Å²) < 4.78 is 41.4. The molecule has 2 fully saturated rings. The second-order valence-corrected chi connectivity index (χ2v) is 9.24. The molecule has 154 valence electrons. The number of benzene rings is 2. The summed E-state index contributed by atoms with van der Waals surface area (Å²) in [6.45, 7) is 2.28. The molecule has 4 rings (SSSR count). The van der Waals surface area contributed by atoms with Crippen LogP contribution < -0.4 is 4.90 Å². The highest BCUT2D eigenvalue weighted by atomic mass is 32.2. The van der Waals surface area contributed by atoms with Gasteiger partial charge in [-0.1, -0.05) is 30.3 Å². The Bertz CT molecular complexity index is 976. The summed E-state index contributed by atoms with van der Waals surface area (Å²) in [5.74, 6) is -0.432. The van der Waals surface area contributed by atoms with E-state index in [9.17, 15) is 17.6 Å². The minimum Gasteiger partial charge on any atom is -0.366 e. The first-order valence-corrected chi connectivity index (χ1v) is 11.3. The lowest BCUT2D eigenvalue weighted by atomic mass is 10.1. The molecule has 1 atom stereocenters. The average Bonchev–Trinajstić information content (AvgIpc) is 3.25. The van der Waals surface area contributed by atoms with Gasteiger partial charge in [0.25, 0.3) is 0 Å². The molecule has 0 saturated carbocycles. The van der Waals surface area contributed by atoms with Crippen molar-refractivity contribution >= 4 is 21.6 Å². The summed E-state index contributed by atoms with van der Waals surface area (Å²) in [4.78, 5) is 17.0. The van der Waals surface area contributed by atoms with Crippen LogP contribution in [0.5, 0.6) is 0 Å². The van der Waals surface area contributed by atoms with Crippen LogP contribution in [0.4, 0.5) is 10.1 Å². The fraction of sp³-hybridized carbons (Fsp3) is 0.381. The topological polar surface area (TPSA) is 60.9 Å². The molecular formula is C21H24FN3O3S. The smallest absolute Gasteiger partial charge is 0.243 e. The molecule has 0 radical (unpaired) electrons. The number of amides is 1. The van der Waals surface area contributed by atoms with Crippen LogP contribution in [0, 0.1) is 5.82 Å². The van der Waals surface area contributed by atoms with E-state index in [-0.39, 0.29) is 16.6 Å². The molecule has 2 saturated heterocycles. The predicted molar refractivity (Wildman–Crippen MR) is 109 cm³/mol. The van der Waals surface area contributed by atoms with Crippen molar-refractivity contribution in [3.8, 4) is 0 Å². The number of sulfonamides is 1. The maximum atomic E-state index is 14.0. The Kier molecular flexibility index (Phi) is 5.56. The highest BCUT2D eigenvalue weighted by molar-refractivity contribution is 7.89. The number of halogens is 1. The van der Waals surface area contributed by atoms with Gasteiger partial charge in [-0.3, -0.25) is 4.79 Å². The van der Waals surface area contributed by atoms with Crippen LogP contribution in [-0.4, -0.2) is 62.3 Å². The van der Waals surface area contributed by atoms with Crippen molar-refractivity contribution in [2.45, 2.75) is 23.8 Å². The monoisotopic (exact) mass is 417 g/mol. The third-order valence-corrected chi connectivity index (χ3v) is 7.55. The summed E-state index contributed by atoms with van der Waals surface area (Å²) in [6, 6.07) is 14.2. The van der Waals surface area contributed by atoms with Gasteiger partial charge in [-0.2, -0.15) is 4.31 Å². The van der Waals surface area contributed by atoms with Gasteiger partial charge >= 0.3 is 0 Å². The number of carbonyl (C=O) groups is 1. The Morgan fingerprint density at radius 2 is 1.55 bits per heavy atom. The quantitative estimate of drug-likeness (QED) is 0.766. The predicted octanol–water partition coefficient (Wildman–Crippen LogP) is 2.33. The normalized spacial score (nSPS) is 20.8. The Labute approximate surface area is 170 Å². The first kappa shape index (κ1) is 19.8. The van der Waals surface area contributed by atoms with Crippen LogP contribution >= 0.6 is 0 Å². The van der Waals surface area contributed by atoms with E-state index in [1.807, 2.05) is 4.90 Å². The highest BCUT2D eigenvalue weighted by Crippen LogP contribution is 2.28. The maximum Gasteiger partial charge on any atom is 0.243 e. The van der Waals surface area contributed by atoms with Gasteiger partial charge in [-0.05, 0) is 37.1 Å². The van der Waals surface area contributed by atoms with Crippen molar-refractivity contribution in [3.63, 3.8) is 0 Å². The maximum absolute atomic E-state index is 14.0. The summed E-state index contributed by atoms with van der Waals surface area (Å²) >= 11 is 0. The van der Waals surface area contributed by atoms with E-state index in [2.05, 4.69) is 0 Å². The van der Waals surface area contributed by atoms with Crippen molar-refractivity contribution in [1.82, 2.24) is 9.21 Å². The molecule has 1 amide bonds. The van der Waals surface area contributed by atoms with Crippen molar-refractivity contribution in [3.05, 3.63) is 60.4 Å². The van der Waals surface area contributed by atoms with Crippen LogP contribution in [0.3, 0.4) is 0 Å². The molecule has 2 aromatic carbocycles. The number of hydrogen-bond acceptors (Lipinski definition) is 4. The van der Waals surface area contributed by atoms with Gasteiger partial charge in [0.15, 0.2) is 0 Å². The molecule has 2 aliphatic heterocycles. The molecule has 0 bridgehead atoms. The summed E-state index contributed by atoms with van der Waals surface area (Å²) in [5.41, 5.74) is 0.536. The molecule has 2 aromatic rings. The Hall–Kier alpha value is -2.45. The van der Waals surface area contributed by atoms with Crippen LogP contribution in [0.1, 0.15) is 12.8 Å². The Morgan fingerprint density at radius 3 is 2.24 bits per heavy atom. The summed E-state index contributed by atoms with van der Waals surface area (Å²) in [7, 11) is -3.71. The molecule has 0 aromatic heterocycles. The van der Waals surface area contributed by atoms with Crippen LogP contribution in [0.25, 0.3) is 0 Å². The lowest BCUT2D eigenvalue weighted by Crippen LogP contribution is -2.54. The SMILES string of the molecule is O=C(C1CCCN1S(=O)(=O)c1ccccc1)N1CCN(c2ccccc2F)CC1. The third-order valence-electron chi connectivity index (χ3n) is 5.62. The molecule has 6 nitrogen and oxygen atoms in total. The molecule has 0 aliphatic carbocycles. The third kappa shape index (κ3) is 3.86. The number of anilines is 1. The number of para-hydroxylation sites is 1. The molecule has 29 heavy (non-hydrogen) atoms. The second-order valence-electron chi connectivity index (χ2n) is 7.35. The van der Waals surface area contributed by atoms with Gasteiger partial charge in [-0.15, -0.1) is 0 Å². The fourth-order valence-corrected chi connectivity index (χ4v) is 5.76. The van der Waals surface area contributed by atoms with Gasteiger partial charge in [0.2, 0.25) is 15.9 Å². The zero-order valence-electron chi connectivity index (χ0n) is 16.1. The molecular weight excluding hydrogens is 393 g/mol. The number of carbonyl (C=O) groups excluding carboxylic acids is 1. The van der Waals surface area contributed by atoms with Crippen molar-refractivity contribution in [2.24, 2.45) is 0 Å². The van der Waals surface area contributed by atoms with Crippen molar-refractivity contribution < 1.29 is 17.6 Å². The van der Waals surface area contributed by atoms with Gasteiger partial charge in [-0.25, -0.2) is 12.8 Å². The minimum atomic E-state index is -3.71. The molecule has 0 spiro atoms. The van der Waals surface area contributed by atoms with E-state index in [4.69, 9.17) is 0 Å². The van der Waals surface area contributed by atoms with Crippen molar-refractivity contribution in [2.75, 3.05) is 37.6 Å². The first-order chi connectivity index (χ1) is 14.0. The van der Waals surface area contributed by atoms with Gasteiger partial charge in [0.05, 0.1) is 10.6 Å².